The first-order valence-corrected chi connectivity index (χ1v) is 9.99. The Labute approximate surface area is 120 Å². The number of fused-ring (bicyclic) bond motifs is 1. The smallest absolute Gasteiger partial charge is 0.414 e. The van der Waals surface area contributed by atoms with E-state index in [9.17, 15) is 4.79 Å². The topological polar surface area (TPSA) is 29.5 Å². The summed E-state index contributed by atoms with van der Waals surface area (Å²) in [5.41, 5.74) is 0.433. The zero-order chi connectivity index (χ0) is 14.4. The number of anilines is 1. The van der Waals surface area contributed by atoms with Crippen LogP contribution in [0.4, 0.5) is 10.5 Å². The number of halogens is 1. The van der Waals surface area contributed by atoms with Gasteiger partial charge in [-0.1, -0.05) is 30.8 Å². The van der Waals surface area contributed by atoms with E-state index in [1.54, 1.807) is 4.90 Å². The van der Waals surface area contributed by atoms with Crippen molar-refractivity contribution >= 4 is 36.6 Å². The van der Waals surface area contributed by atoms with Crippen LogP contribution in [0.15, 0.2) is 18.2 Å². The van der Waals surface area contributed by atoms with Crippen LogP contribution in [0.25, 0.3) is 0 Å². The van der Waals surface area contributed by atoms with E-state index in [0.717, 1.165) is 11.9 Å². The van der Waals surface area contributed by atoms with Gasteiger partial charge >= 0.3 is 6.09 Å². The Morgan fingerprint density at radius 1 is 1.37 bits per heavy atom. The molecule has 2 rings (SSSR count). The highest BCUT2D eigenvalue weighted by atomic mass is 35.5. The summed E-state index contributed by atoms with van der Waals surface area (Å²) in [6, 6.07) is 5.81. The molecule has 0 saturated heterocycles. The molecule has 1 aliphatic heterocycles. The van der Waals surface area contributed by atoms with Gasteiger partial charge in [-0.25, -0.2) is 4.79 Å². The van der Waals surface area contributed by atoms with E-state index in [1.165, 1.54) is 5.19 Å². The summed E-state index contributed by atoms with van der Waals surface area (Å²) in [6.45, 7) is 10.1. The third-order valence-corrected chi connectivity index (χ3v) is 6.37. The third kappa shape index (κ3) is 2.95. The number of hydrogen-bond acceptors (Lipinski definition) is 2. The molecule has 3 nitrogen and oxygen atoms in total. The molecule has 0 aromatic heterocycles. The standard InChI is InChI=1S/C14H20ClNO2Si/c1-14(2,3)18-13(17)16-9-19(4,5)12-7-6-10(15)8-11(12)16/h6-8H,9H2,1-5H3. The molecule has 5 heteroatoms. The van der Waals surface area contributed by atoms with Crippen LogP contribution in [-0.4, -0.2) is 25.9 Å². The monoisotopic (exact) mass is 297 g/mol. The molecule has 1 aromatic carbocycles. The lowest BCUT2D eigenvalue weighted by atomic mass is 10.2. The minimum atomic E-state index is -1.62. The summed E-state index contributed by atoms with van der Waals surface area (Å²) in [6.07, 6.45) is 0.464. The van der Waals surface area contributed by atoms with Crippen molar-refractivity contribution in [1.29, 1.82) is 0 Å². The molecule has 0 unspecified atom stereocenters. The average molecular weight is 298 g/mol. The number of benzene rings is 1. The van der Waals surface area contributed by atoms with Crippen LogP contribution >= 0.6 is 11.6 Å². The lowest BCUT2D eigenvalue weighted by Gasteiger charge is -2.25. The Balaban J connectivity index is 2.36. The van der Waals surface area contributed by atoms with Crippen molar-refractivity contribution in [3.63, 3.8) is 0 Å². The first-order chi connectivity index (χ1) is 8.60. The Morgan fingerprint density at radius 3 is 2.58 bits per heavy atom. The number of hydrogen-bond donors (Lipinski definition) is 0. The molecule has 0 aliphatic carbocycles. The zero-order valence-corrected chi connectivity index (χ0v) is 13.8. The van der Waals surface area contributed by atoms with Gasteiger partial charge in [-0.3, -0.25) is 4.90 Å². The molecule has 0 spiro atoms. The highest BCUT2D eigenvalue weighted by molar-refractivity contribution is 6.93. The van der Waals surface area contributed by atoms with Crippen molar-refractivity contribution in [2.24, 2.45) is 0 Å². The third-order valence-electron chi connectivity index (χ3n) is 3.15. The Kier molecular flexibility index (Phi) is 3.43. The Bertz CT molecular complexity index is 523. The maximum absolute atomic E-state index is 12.3. The number of nitrogens with zero attached hydrogens (tertiary/aromatic N) is 1. The van der Waals surface area contributed by atoms with Crippen molar-refractivity contribution in [1.82, 2.24) is 0 Å². The summed E-state index contributed by atoms with van der Waals surface area (Å²) in [7, 11) is -1.62. The van der Waals surface area contributed by atoms with Gasteiger partial charge in [0.1, 0.15) is 13.7 Å². The summed E-state index contributed by atoms with van der Waals surface area (Å²) in [5.74, 6) is 0. The summed E-state index contributed by atoms with van der Waals surface area (Å²) >= 11 is 6.06. The van der Waals surface area contributed by atoms with Gasteiger partial charge in [0.2, 0.25) is 0 Å². The SMILES string of the molecule is CC(C)(C)OC(=O)N1C[Si](C)(C)c2ccc(Cl)cc21. The van der Waals surface area contributed by atoms with E-state index in [0.29, 0.717) is 5.02 Å². The van der Waals surface area contributed by atoms with Gasteiger partial charge in [-0.05, 0) is 38.1 Å². The molecule has 0 fully saturated rings. The van der Waals surface area contributed by atoms with Gasteiger partial charge in [0.25, 0.3) is 0 Å². The molecular formula is C14H20ClNO2Si. The summed E-state index contributed by atoms with van der Waals surface area (Å²) < 4.78 is 5.48. The van der Waals surface area contributed by atoms with Crippen molar-refractivity contribution in [3.05, 3.63) is 23.2 Å². The predicted molar refractivity (Wildman–Crippen MR) is 82.1 cm³/mol. The molecule has 0 saturated carbocycles. The number of rotatable bonds is 0. The molecular weight excluding hydrogens is 278 g/mol. The van der Waals surface area contributed by atoms with Gasteiger partial charge in [0.05, 0.1) is 0 Å². The van der Waals surface area contributed by atoms with Crippen LogP contribution in [-0.2, 0) is 4.74 Å². The van der Waals surface area contributed by atoms with Crippen LogP contribution in [0.1, 0.15) is 20.8 Å². The molecule has 1 heterocycles. The fourth-order valence-corrected chi connectivity index (χ4v) is 5.21. The highest BCUT2D eigenvalue weighted by Crippen LogP contribution is 2.29. The number of ether oxygens (including phenoxy) is 1. The van der Waals surface area contributed by atoms with Crippen LogP contribution < -0.4 is 10.1 Å². The summed E-state index contributed by atoms with van der Waals surface area (Å²) in [4.78, 5) is 14.0. The van der Waals surface area contributed by atoms with Gasteiger partial charge in [-0.15, -0.1) is 0 Å². The van der Waals surface area contributed by atoms with E-state index in [4.69, 9.17) is 16.3 Å². The Hall–Kier alpha value is -1.00. The molecule has 0 atom stereocenters. The zero-order valence-electron chi connectivity index (χ0n) is 12.1. The second-order valence-corrected chi connectivity index (χ2v) is 11.7. The predicted octanol–water partition coefficient (Wildman–Crippen LogP) is 3.55. The quantitative estimate of drug-likeness (QED) is 0.685. The molecule has 104 valence electrons. The van der Waals surface area contributed by atoms with E-state index >= 15 is 0 Å². The van der Waals surface area contributed by atoms with E-state index in [2.05, 4.69) is 13.1 Å². The lowest BCUT2D eigenvalue weighted by Crippen LogP contribution is -2.45. The maximum atomic E-state index is 12.3. The van der Waals surface area contributed by atoms with Crippen LogP contribution in [0.5, 0.6) is 0 Å². The number of amides is 1. The molecule has 0 N–H and O–H groups in total. The molecule has 1 aromatic rings. The molecule has 19 heavy (non-hydrogen) atoms. The Morgan fingerprint density at radius 2 is 2.00 bits per heavy atom. The fraction of sp³-hybridized carbons (Fsp3) is 0.500. The second kappa shape index (κ2) is 4.53. The van der Waals surface area contributed by atoms with E-state index < -0.39 is 13.7 Å². The average Bonchev–Trinajstić information content (AvgIpc) is 2.48. The van der Waals surface area contributed by atoms with Crippen LogP contribution in [0.2, 0.25) is 18.1 Å². The van der Waals surface area contributed by atoms with Gasteiger partial charge in [-0.2, -0.15) is 0 Å². The number of carbonyl (C=O) groups is 1. The normalized spacial score (nSPS) is 17.3. The van der Waals surface area contributed by atoms with Crippen molar-refractivity contribution in [2.45, 2.75) is 39.5 Å². The first-order valence-electron chi connectivity index (χ1n) is 6.41. The second-order valence-electron chi connectivity index (χ2n) is 6.61. The van der Waals surface area contributed by atoms with E-state index in [1.807, 2.05) is 39.0 Å². The highest BCUT2D eigenvalue weighted by Gasteiger charge is 2.41. The fourth-order valence-electron chi connectivity index (χ4n) is 2.35. The van der Waals surface area contributed by atoms with Gasteiger partial charge < -0.3 is 4.74 Å². The molecule has 1 aliphatic rings. The van der Waals surface area contributed by atoms with Crippen LogP contribution in [0.3, 0.4) is 0 Å². The summed E-state index contributed by atoms with van der Waals surface area (Å²) in [5, 5.41) is 1.92. The maximum Gasteiger partial charge on any atom is 0.414 e. The van der Waals surface area contributed by atoms with Gasteiger partial charge in [0, 0.05) is 16.9 Å². The minimum Gasteiger partial charge on any atom is -0.443 e. The van der Waals surface area contributed by atoms with Crippen molar-refractivity contribution in [3.8, 4) is 0 Å². The minimum absolute atomic E-state index is 0.283. The lowest BCUT2D eigenvalue weighted by molar-refractivity contribution is 0.0587. The van der Waals surface area contributed by atoms with Crippen molar-refractivity contribution < 1.29 is 9.53 Å². The molecule has 1 amide bonds. The van der Waals surface area contributed by atoms with Crippen molar-refractivity contribution in [2.75, 3.05) is 11.1 Å². The molecule has 0 radical (unpaired) electrons. The largest absolute Gasteiger partial charge is 0.443 e. The van der Waals surface area contributed by atoms with E-state index in [-0.39, 0.29) is 6.09 Å². The van der Waals surface area contributed by atoms with Crippen LogP contribution in [0, 0.1) is 0 Å². The number of carbonyl (C=O) groups excluding carboxylic acids is 1. The van der Waals surface area contributed by atoms with Gasteiger partial charge in [0.15, 0.2) is 0 Å². The first kappa shape index (κ1) is 14.4. The molecule has 0 bridgehead atoms.